The number of carbonyl (C=O) groups is 1. The van der Waals surface area contributed by atoms with Crippen molar-refractivity contribution in [3.63, 3.8) is 0 Å². The number of carbonyl (C=O) groups excluding carboxylic acids is 1. The van der Waals surface area contributed by atoms with E-state index in [0.29, 0.717) is 6.54 Å². The highest BCUT2D eigenvalue weighted by molar-refractivity contribution is 5.90. The summed E-state index contributed by atoms with van der Waals surface area (Å²) in [6.07, 6.45) is 2.71. The van der Waals surface area contributed by atoms with Gasteiger partial charge in [0.25, 0.3) is 5.91 Å². The van der Waals surface area contributed by atoms with Gasteiger partial charge in [0.1, 0.15) is 5.82 Å². The first-order valence-electron chi connectivity index (χ1n) is 7.05. The van der Waals surface area contributed by atoms with Crippen molar-refractivity contribution in [2.75, 3.05) is 6.54 Å². The Morgan fingerprint density at radius 3 is 2.95 bits per heavy atom. The van der Waals surface area contributed by atoms with Crippen LogP contribution in [0.25, 0.3) is 0 Å². The molecule has 1 aromatic carbocycles. The van der Waals surface area contributed by atoms with Crippen molar-refractivity contribution < 1.29 is 4.79 Å². The maximum absolute atomic E-state index is 12.4. The molecule has 0 bridgehead atoms. The molecule has 1 amide bonds. The minimum atomic E-state index is -0.0851. The molecule has 0 radical (unpaired) electrons. The van der Waals surface area contributed by atoms with Crippen LogP contribution in [0.1, 0.15) is 40.9 Å². The van der Waals surface area contributed by atoms with E-state index >= 15 is 0 Å². The lowest BCUT2D eigenvalue weighted by Crippen LogP contribution is -2.36. The number of nitrogens with one attached hydrogen (secondary N) is 1. The first kappa shape index (κ1) is 12.8. The van der Waals surface area contributed by atoms with Gasteiger partial charge in [0, 0.05) is 19.5 Å². The van der Waals surface area contributed by atoms with Crippen LogP contribution in [-0.2, 0) is 19.4 Å². The second kappa shape index (κ2) is 5.45. The Labute approximate surface area is 118 Å². The Hall–Kier alpha value is -2.17. The summed E-state index contributed by atoms with van der Waals surface area (Å²) in [6, 6.07) is 8.26. The Kier molecular flexibility index (Phi) is 3.50. The van der Waals surface area contributed by atoms with Gasteiger partial charge in [0.2, 0.25) is 5.82 Å². The van der Waals surface area contributed by atoms with Gasteiger partial charge in [0.15, 0.2) is 0 Å². The molecular weight excluding hydrogens is 252 g/mol. The number of aromatic nitrogens is 3. The van der Waals surface area contributed by atoms with Gasteiger partial charge in [-0.05, 0) is 24.0 Å². The highest BCUT2D eigenvalue weighted by Gasteiger charge is 2.24. The van der Waals surface area contributed by atoms with E-state index in [1.165, 1.54) is 11.1 Å². The molecule has 0 spiro atoms. The van der Waals surface area contributed by atoms with Crippen LogP contribution in [0.5, 0.6) is 0 Å². The topological polar surface area (TPSA) is 61.9 Å². The number of benzene rings is 1. The quantitative estimate of drug-likeness (QED) is 0.927. The third-order valence-electron chi connectivity index (χ3n) is 3.63. The summed E-state index contributed by atoms with van der Waals surface area (Å²) in [7, 11) is 0. The van der Waals surface area contributed by atoms with Crippen LogP contribution < -0.4 is 0 Å². The molecule has 1 N–H and O–H groups in total. The van der Waals surface area contributed by atoms with Gasteiger partial charge in [-0.25, -0.2) is 4.98 Å². The van der Waals surface area contributed by atoms with Crippen LogP contribution in [0.15, 0.2) is 24.3 Å². The minimum absolute atomic E-state index is 0.0851. The maximum atomic E-state index is 12.4. The summed E-state index contributed by atoms with van der Waals surface area (Å²) >= 11 is 0. The van der Waals surface area contributed by atoms with Crippen molar-refractivity contribution in [1.82, 2.24) is 20.1 Å². The second-order valence-electron chi connectivity index (χ2n) is 5.10. The third kappa shape index (κ3) is 2.43. The van der Waals surface area contributed by atoms with E-state index in [2.05, 4.69) is 34.2 Å². The third-order valence-corrected chi connectivity index (χ3v) is 3.63. The molecule has 1 aromatic heterocycles. The van der Waals surface area contributed by atoms with E-state index in [9.17, 15) is 4.79 Å². The van der Waals surface area contributed by atoms with Crippen molar-refractivity contribution in [2.24, 2.45) is 0 Å². The molecule has 2 heterocycles. The zero-order valence-electron chi connectivity index (χ0n) is 11.6. The van der Waals surface area contributed by atoms with Crippen LogP contribution in [0.3, 0.4) is 0 Å². The van der Waals surface area contributed by atoms with Gasteiger partial charge in [-0.1, -0.05) is 31.2 Å². The van der Waals surface area contributed by atoms with Gasteiger partial charge in [0.05, 0.1) is 0 Å². The fraction of sp³-hybridized carbons (Fsp3) is 0.400. The molecule has 1 aliphatic heterocycles. The average Bonchev–Trinajstić information content (AvgIpc) is 2.95. The Bertz CT molecular complexity index is 620. The van der Waals surface area contributed by atoms with E-state index < -0.39 is 0 Å². The highest BCUT2D eigenvalue weighted by atomic mass is 16.2. The second-order valence-corrected chi connectivity index (χ2v) is 5.10. The van der Waals surface area contributed by atoms with Crippen LogP contribution in [0, 0.1) is 0 Å². The lowest BCUT2D eigenvalue weighted by atomic mass is 10.00. The fourth-order valence-electron chi connectivity index (χ4n) is 2.55. The maximum Gasteiger partial charge on any atom is 0.293 e. The number of hydrogen-bond acceptors (Lipinski definition) is 3. The fourth-order valence-corrected chi connectivity index (χ4v) is 2.55. The summed E-state index contributed by atoms with van der Waals surface area (Å²) in [5, 5.41) is 6.88. The molecule has 0 aliphatic carbocycles. The normalized spacial score (nSPS) is 14.2. The smallest absolute Gasteiger partial charge is 0.293 e. The number of hydrogen-bond donors (Lipinski definition) is 1. The van der Waals surface area contributed by atoms with Gasteiger partial charge < -0.3 is 4.90 Å². The number of amides is 1. The Morgan fingerprint density at radius 2 is 2.15 bits per heavy atom. The van der Waals surface area contributed by atoms with Gasteiger partial charge in [-0.15, -0.1) is 5.10 Å². The van der Waals surface area contributed by atoms with Crippen molar-refractivity contribution in [1.29, 1.82) is 0 Å². The largest absolute Gasteiger partial charge is 0.331 e. The van der Waals surface area contributed by atoms with Gasteiger partial charge >= 0.3 is 0 Å². The number of H-pyrrole nitrogens is 1. The average molecular weight is 270 g/mol. The summed E-state index contributed by atoms with van der Waals surface area (Å²) in [6.45, 7) is 3.45. The van der Waals surface area contributed by atoms with Crippen LogP contribution in [0.2, 0.25) is 0 Å². The molecule has 0 saturated heterocycles. The summed E-state index contributed by atoms with van der Waals surface area (Å²) < 4.78 is 0. The zero-order chi connectivity index (χ0) is 13.9. The summed E-state index contributed by atoms with van der Waals surface area (Å²) in [4.78, 5) is 18.5. The molecule has 20 heavy (non-hydrogen) atoms. The van der Waals surface area contributed by atoms with E-state index in [-0.39, 0.29) is 11.7 Å². The van der Waals surface area contributed by atoms with Crippen LogP contribution in [0.4, 0.5) is 0 Å². The van der Waals surface area contributed by atoms with Crippen LogP contribution >= 0.6 is 0 Å². The van der Waals surface area contributed by atoms with Crippen LogP contribution in [-0.4, -0.2) is 32.5 Å². The van der Waals surface area contributed by atoms with E-state index in [4.69, 9.17) is 0 Å². The van der Waals surface area contributed by atoms with Gasteiger partial charge in [-0.3, -0.25) is 9.89 Å². The standard InChI is InChI=1S/C15H18N4O/c1-2-5-13-16-14(18-17-13)15(20)19-9-8-11-6-3-4-7-12(11)10-19/h3-4,6-7H,2,5,8-10H2,1H3,(H,16,17,18). The van der Waals surface area contributed by atoms with E-state index in [0.717, 1.165) is 31.6 Å². The minimum Gasteiger partial charge on any atom is -0.331 e. The lowest BCUT2D eigenvalue weighted by Gasteiger charge is -2.27. The molecular formula is C15H18N4O. The molecule has 2 aromatic rings. The van der Waals surface area contributed by atoms with Crippen molar-refractivity contribution >= 4 is 5.91 Å². The Morgan fingerprint density at radius 1 is 1.35 bits per heavy atom. The van der Waals surface area contributed by atoms with Crippen molar-refractivity contribution in [3.05, 3.63) is 47.0 Å². The van der Waals surface area contributed by atoms with Gasteiger partial charge in [-0.2, -0.15) is 0 Å². The van der Waals surface area contributed by atoms with Crippen molar-refractivity contribution in [3.8, 4) is 0 Å². The molecule has 0 fully saturated rings. The first-order chi connectivity index (χ1) is 9.78. The monoisotopic (exact) mass is 270 g/mol. The molecule has 3 rings (SSSR count). The molecule has 0 unspecified atom stereocenters. The predicted octanol–water partition coefficient (Wildman–Crippen LogP) is 1.96. The molecule has 5 nitrogen and oxygen atoms in total. The number of nitrogens with zero attached hydrogens (tertiary/aromatic N) is 3. The SMILES string of the molecule is CCCc1nc(C(=O)N2CCc3ccccc3C2)n[nH]1. The lowest BCUT2D eigenvalue weighted by molar-refractivity contribution is 0.0722. The summed E-state index contributed by atoms with van der Waals surface area (Å²) in [5.41, 5.74) is 2.55. The van der Waals surface area contributed by atoms with E-state index in [1.807, 2.05) is 17.0 Å². The molecule has 0 atom stereocenters. The number of aromatic amines is 1. The number of rotatable bonds is 3. The molecule has 1 aliphatic rings. The first-order valence-corrected chi connectivity index (χ1v) is 7.05. The number of aryl methyl sites for hydroxylation is 1. The predicted molar refractivity (Wildman–Crippen MR) is 75.3 cm³/mol. The zero-order valence-corrected chi connectivity index (χ0v) is 11.6. The Balaban J connectivity index is 1.75. The highest BCUT2D eigenvalue weighted by Crippen LogP contribution is 2.19. The number of fused-ring (bicyclic) bond motifs is 1. The molecule has 104 valence electrons. The molecule has 0 saturated carbocycles. The summed E-state index contributed by atoms with van der Waals surface area (Å²) in [5.74, 6) is 0.985. The molecule has 5 heteroatoms. The van der Waals surface area contributed by atoms with E-state index in [1.54, 1.807) is 0 Å². The van der Waals surface area contributed by atoms with Crippen molar-refractivity contribution in [2.45, 2.75) is 32.7 Å².